The van der Waals surface area contributed by atoms with E-state index in [0.717, 1.165) is 51.4 Å². The summed E-state index contributed by atoms with van der Waals surface area (Å²) in [6, 6.07) is -0.0208. The van der Waals surface area contributed by atoms with E-state index in [9.17, 15) is 19.5 Å². The summed E-state index contributed by atoms with van der Waals surface area (Å²) in [5.74, 6) is -1.57. The predicted molar refractivity (Wildman–Crippen MR) is 102 cm³/mol. The summed E-state index contributed by atoms with van der Waals surface area (Å²) < 4.78 is 5.14. The van der Waals surface area contributed by atoms with Gasteiger partial charge in [0.25, 0.3) is 0 Å². The minimum Gasteiger partial charge on any atom is -0.481 e. The van der Waals surface area contributed by atoms with Crippen LogP contribution in [0.15, 0.2) is 0 Å². The lowest BCUT2D eigenvalue weighted by Gasteiger charge is -2.34. The highest BCUT2D eigenvalue weighted by atomic mass is 16.5. The first-order chi connectivity index (χ1) is 12.9. The third-order valence-electron chi connectivity index (χ3n) is 6.30. The molecular formula is C21H35NO5. The Morgan fingerprint density at radius 1 is 1.15 bits per heavy atom. The van der Waals surface area contributed by atoms with Crippen LogP contribution in [0.5, 0.6) is 0 Å². The number of ether oxygens (including phenoxy) is 1. The number of carboxylic acids is 1. The molecule has 2 aliphatic carbocycles. The molecule has 3 unspecified atom stereocenters. The number of carbonyl (C=O) groups excluding carboxylic acids is 2. The standard InChI is InChI=1S/C21H35NO5/c1-3-8-16(18(23)24)14-21(11-5-6-12-21)20(26)22-17-10-7-9-15(13-17)19(25)27-4-2/h15-17H,3-14H2,1-2H3,(H,22,26)(H,23,24). The molecule has 2 N–H and O–H groups in total. The van der Waals surface area contributed by atoms with Gasteiger partial charge in [-0.15, -0.1) is 0 Å². The molecule has 27 heavy (non-hydrogen) atoms. The maximum atomic E-state index is 13.2. The number of carboxylic acid groups (broad SMARTS) is 1. The molecule has 0 radical (unpaired) electrons. The van der Waals surface area contributed by atoms with Crippen molar-refractivity contribution >= 4 is 17.8 Å². The highest BCUT2D eigenvalue weighted by molar-refractivity contribution is 5.84. The third kappa shape index (κ3) is 5.69. The van der Waals surface area contributed by atoms with Crippen molar-refractivity contribution in [1.82, 2.24) is 5.32 Å². The molecule has 2 rings (SSSR count). The fourth-order valence-electron chi connectivity index (χ4n) is 4.84. The van der Waals surface area contributed by atoms with Crippen LogP contribution < -0.4 is 5.32 Å². The molecule has 2 saturated carbocycles. The van der Waals surface area contributed by atoms with Gasteiger partial charge in [0.2, 0.25) is 5.91 Å². The summed E-state index contributed by atoms with van der Waals surface area (Å²) >= 11 is 0. The Balaban J connectivity index is 2.02. The Morgan fingerprint density at radius 3 is 2.44 bits per heavy atom. The number of amides is 1. The van der Waals surface area contributed by atoms with Crippen molar-refractivity contribution < 1.29 is 24.2 Å². The monoisotopic (exact) mass is 381 g/mol. The first kappa shape index (κ1) is 21.7. The van der Waals surface area contributed by atoms with E-state index in [-0.39, 0.29) is 23.8 Å². The Bertz CT molecular complexity index is 527. The van der Waals surface area contributed by atoms with Gasteiger partial charge < -0.3 is 15.2 Å². The molecule has 0 spiro atoms. The lowest BCUT2D eigenvalue weighted by atomic mass is 9.75. The van der Waals surface area contributed by atoms with Crippen molar-refractivity contribution in [3.8, 4) is 0 Å². The number of hydrogen-bond acceptors (Lipinski definition) is 4. The molecule has 0 saturated heterocycles. The Morgan fingerprint density at radius 2 is 1.85 bits per heavy atom. The summed E-state index contributed by atoms with van der Waals surface area (Å²) in [5, 5.41) is 12.7. The van der Waals surface area contributed by atoms with E-state index in [1.54, 1.807) is 6.92 Å². The van der Waals surface area contributed by atoms with Crippen LogP contribution in [0.25, 0.3) is 0 Å². The molecule has 0 aromatic heterocycles. The van der Waals surface area contributed by atoms with E-state index in [2.05, 4.69) is 5.32 Å². The SMILES string of the molecule is CCCC(CC1(C(=O)NC2CCCC(C(=O)OCC)C2)CCCC1)C(=O)O. The van der Waals surface area contributed by atoms with Crippen molar-refractivity contribution in [1.29, 1.82) is 0 Å². The molecule has 2 fully saturated rings. The van der Waals surface area contributed by atoms with Crippen LogP contribution in [0, 0.1) is 17.3 Å². The second kappa shape index (κ2) is 10.1. The van der Waals surface area contributed by atoms with E-state index in [1.807, 2.05) is 6.92 Å². The quantitative estimate of drug-likeness (QED) is 0.594. The lowest BCUT2D eigenvalue weighted by molar-refractivity contribution is -0.150. The zero-order chi connectivity index (χ0) is 19.9. The van der Waals surface area contributed by atoms with E-state index in [4.69, 9.17) is 4.74 Å². The molecule has 154 valence electrons. The number of aliphatic carboxylic acids is 1. The highest BCUT2D eigenvalue weighted by Crippen LogP contribution is 2.44. The molecule has 0 heterocycles. The highest BCUT2D eigenvalue weighted by Gasteiger charge is 2.44. The Kier molecular flexibility index (Phi) is 8.11. The van der Waals surface area contributed by atoms with Crippen molar-refractivity contribution in [2.75, 3.05) is 6.61 Å². The van der Waals surface area contributed by atoms with Gasteiger partial charge in [-0.25, -0.2) is 0 Å². The maximum absolute atomic E-state index is 13.2. The number of carbonyl (C=O) groups is 3. The number of nitrogens with one attached hydrogen (secondary N) is 1. The van der Waals surface area contributed by atoms with Crippen LogP contribution in [0.1, 0.15) is 84.5 Å². The zero-order valence-corrected chi connectivity index (χ0v) is 16.8. The molecule has 0 aromatic carbocycles. The van der Waals surface area contributed by atoms with Gasteiger partial charge in [-0.1, -0.05) is 32.6 Å². The normalized spacial score (nSPS) is 25.6. The number of hydrogen-bond donors (Lipinski definition) is 2. The van der Waals surface area contributed by atoms with Crippen LogP contribution >= 0.6 is 0 Å². The van der Waals surface area contributed by atoms with Gasteiger partial charge >= 0.3 is 11.9 Å². The van der Waals surface area contributed by atoms with Crippen LogP contribution in [0.2, 0.25) is 0 Å². The van der Waals surface area contributed by atoms with Gasteiger partial charge in [0.05, 0.1) is 23.9 Å². The van der Waals surface area contributed by atoms with Crippen LogP contribution in [-0.2, 0) is 19.1 Å². The molecular weight excluding hydrogens is 346 g/mol. The van der Waals surface area contributed by atoms with Crippen molar-refractivity contribution in [3.63, 3.8) is 0 Å². The lowest BCUT2D eigenvalue weighted by Crippen LogP contribution is -2.47. The molecule has 0 bridgehead atoms. The molecule has 0 aliphatic heterocycles. The Hall–Kier alpha value is -1.59. The van der Waals surface area contributed by atoms with Gasteiger partial charge in [0, 0.05) is 6.04 Å². The number of rotatable bonds is 9. The van der Waals surface area contributed by atoms with E-state index < -0.39 is 17.3 Å². The first-order valence-electron chi connectivity index (χ1n) is 10.6. The molecule has 0 aromatic rings. The van der Waals surface area contributed by atoms with Gasteiger partial charge in [-0.2, -0.15) is 0 Å². The molecule has 3 atom stereocenters. The van der Waals surface area contributed by atoms with Gasteiger partial charge in [-0.3, -0.25) is 14.4 Å². The van der Waals surface area contributed by atoms with E-state index >= 15 is 0 Å². The summed E-state index contributed by atoms with van der Waals surface area (Å²) in [6.07, 6.45) is 8.52. The van der Waals surface area contributed by atoms with Crippen molar-refractivity contribution in [2.45, 2.75) is 90.5 Å². The van der Waals surface area contributed by atoms with E-state index in [0.29, 0.717) is 25.9 Å². The summed E-state index contributed by atoms with van der Waals surface area (Å²) in [4.78, 5) is 36.8. The summed E-state index contributed by atoms with van der Waals surface area (Å²) in [5.41, 5.74) is -0.560. The number of esters is 1. The summed E-state index contributed by atoms with van der Waals surface area (Å²) in [7, 11) is 0. The first-order valence-corrected chi connectivity index (χ1v) is 10.6. The molecule has 6 nitrogen and oxygen atoms in total. The predicted octanol–water partition coefficient (Wildman–Crippen LogP) is 3.68. The van der Waals surface area contributed by atoms with Gasteiger partial charge in [-0.05, 0) is 51.9 Å². The fourth-order valence-corrected chi connectivity index (χ4v) is 4.84. The Labute approximate surface area is 162 Å². The largest absolute Gasteiger partial charge is 0.481 e. The van der Waals surface area contributed by atoms with Crippen LogP contribution in [0.3, 0.4) is 0 Å². The van der Waals surface area contributed by atoms with Gasteiger partial charge in [0.15, 0.2) is 0 Å². The topological polar surface area (TPSA) is 92.7 Å². The average molecular weight is 382 g/mol. The van der Waals surface area contributed by atoms with Crippen LogP contribution in [0.4, 0.5) is 0 Å². The molecule has 6 heteroatoms. The molecule has 2 aliphatic rings. The maximum Gasteiger partial charge on any atom is 0.308 e. The minimum absolute atomic E-state index is 0.00291. The van der Waals surface area contributed by atoms with E-state index in [1.165, 1.54) is 0 Å². The summed E-state index contributed by atoms with van der Waals surface area (Å²) in [6.45, 7) is 4.16. The fraction of sp³-hybridized carbons (Fsp3) is 0.857. The second-order valence-electron chi connectivity index (χ2n) is 8.30. The van der Waals surface area contributed by atoms with Crippen LogP contribution in [-0.4, -0.2) is 35.6 Å². The van der Waals surface area contributed by atoms with Gasteiger partial charge in [0.1, 0.15) is 0 Å². The zero-order valence-electron chi connectivity index (χ0n) is 16.8. The van der Waals surface area contributed by atoms with Crippen molar-refractivity contribution in [2.24, 2.45) is 17.3 Å². The molecule has 1 amide bonds. The second-order valence-corrected chi connectivity index (χ2v) is 8.30. The van der Waals surface area contributed by atoms with Crippen molar-refractivity contribution in [3.05, 3.63) is 0 Å². The smallest absolute Gasteiger partial charge is 0.308 e. The average Bonchev–Trinajstić information content (AvgIpc) is 3.11. The minimum atomic E-state index is -0.795. The third-order valence-corrected chi connectivity index (χ3v) is 6.30.